The second kappa shape index (κ2) is 5.25. The minimum atomic E-state index is -3.00. The molecular weight excluding hydrogens is 330 g/mol. The molecule has 0 spiro atoms. The van der Waals surface area contributed by atoms with Crippen LogP contribution in [-0.4, -0.2) is 43.3 Å². The van der Waals surface area contributed by atoms with Crippen molar-refractivity contribution in [2.45, 2.75) is 19.9 Å². The number of amides is 1. The molecule has 1 amide bonds. The first-order chi connectivity index (χ1) is 8.80. The summed E-state index contributed by atoms with van der Waals surface area (Å²) in [6.45, 7) is 4.00. The number of carbonyl (C=O) groups is 1. The molecule has 19 heavy (non-hydrogen) atoms. The lowest BCUT2D eigenvalue weighted by molar-refractivity contribution is 0.0712. The third-order valence-corrected chi connectivity index (χ3v) is 6.00. The first kappa shape index (κ1) is 14.5. The highest BCUT2D eigenvalue weighted by atomic mass is 79.9. The largest absolute Gasteiger partial charge is 0.334 e. The molecule has 0 radical (unpaired) electrons. The topological polar surface area (TPSA) is 54.5 Å². The van der Waals surface area contributed by atoms with Gasteiger partial charge in [-0.1, -0.05) is 22.0 Å². The summed E-state index contributed by atoms with van der Waals surface area (Å²) in [7, 11) is -3.00. The Hall–Kier alpha value is -0.880. The maximum Gasteiger partial charge on any atom is 0.254 e. The Morgan fingerprint density at radius 3 is 2.68 bits per heavy atom. The van der Waals surface area contributed by atoms with Gasteiger partial charge < -0.3 is 4.90 Å². The van der Waals surface area contributed by atoms with Crippen LogP contribution in [0.25, 0.3) is 0 Å². The SMILES string of the molecule is Cc1ccc(C(=O)N2CCS(=O)(=O)CC2C)cc1Br. The molecule has 0 bridgehead atoms. The van der Waals surface area contributed by atoms with Crippen molar-refractivity contribution < 1.29 is 13.2 Å². The van der Waals surface area contributed by atoms with E-state index in [0.717, 1.165) is 10.0 Å². The average Bonchev–Trinajstić information content (AvgIpc) is 2.31. The van der Waals surface area contributed by atoms with Crippen molar-refractivity contribution in [3.8, 4) is 0 Å². The number of halogens is 1. The second-order valence-corrected chi connectivity index (χ2v) is 8.01. The maximum absolute atomic E-state index is 12.4. The van der Waals surface area contributed by atoms with Gasteiger partial charge in [-0.25, -0.2) is 8.42 Å². The molecule has 1 unspecified atom stereocenters. The summed E-state index contributed by atoms with van der Waals surface area (Å²) >= 11 is 3.40. The van der Waals surface area contributed by atoms with E-state index in [9.17, 15) is 13.2 Å². The van der Waals surface area contributed by atoms with Gasteiger partial charge in [-0.3, -0.25) is 4.79 Å². The molecule has 0 aliphatic carbocycles. The summed E-state index contributed by atoms with van der Waals surface area (Å²) in [5, 5.41) is 0. The lowest BCUT2D eigenvalue weighted by atomic mass is 10.1. The summed E-state index contributed by atoms with van der Waals surface area (Å²) in [5.41, 5.74) is 1.65. The molecule has 1 aliphatic rings. The predicted molar refractivity (Wildman–Crippen MR) is 78.0 cm³/mol. The van der Waals surface area contributed by atoms with E-state index in [1.165, 1.54) is 0 Å². The summed E-state index contributed by atoms with van der Waals surface area (Å²) in [4.78, 5) is 14.0. The Morgan fingerprint density at radius 1 is 1.42 bits per heavy atom. The zero-order valence-corrected chi connectivity index (χ0v) is 13.3. The Morgan fingerprint density at radius 2 is 2.11 bits per heavy atom. The van der Waals surface area contributed by atoms with Crippen molar-refractivity contribution in [2.75, 3.05) is 18.1 Å². The van der Waals surface area contributed by atoms with Crippen molar-refractivity contribution in [1.82, 2.24) is 4.90 Å². The third kappa shape index (κ3) is 3.17. The van der Waals surface area contributed by atoms with Crippen molar-refractivity contribution in [2.24, 2.45) is 0 Å². The molecule has 1 atom stereocenters. The van der Waals surface area contributed by atoms with Crippen LogP contribution in [0.4, 0.5) is 0 Å². The number of hydrogen-bond acceptors (Lipinski definition) is 3. The third-order valence-electron chi connectivity index (χ3n) is 3.35. The first-order valence-corrected chi connectivity index (χ1v) is 8.69. The molecule has 1 aliphatic heterocycles. The summed E-state index contributed by atoms with van der Waals surface area (Å²) in [6, 6.07) is 5.17. The standard InChI is InChI=1S/C13H16BrNO3S/c1-9-3-4-11(7-12(9)14)13(16)15-5-6-19(17,18)8-10(15)2/h3-4,7,10H,5-6,8H2,1-2H3. The van der Waals surface area contributed by atoms with Gasteiger partial charge in [0.2, 0.25) is 0 Å². The zero-order chi connectivity index (χ0) is 14.2. The van der Waals surface area contributed by atoms with Crippen LogP contribution in [-0.2, 0) is 9.84 Å². The smallest absolute Gasteiger partial charge is 0.254 e. The fourth-order valence-electron chi connectivity index (χ4n) is 2.19. The molecule has 104 valence electrons. The lowest BCUT2D eigenvalue weighted by Crippen LogP contribution is -2.49. The monoisotopic (exact) mass is 345 g/mol. The van der Waals surface area contributed by atoms with E-state index >= 15 is 0 Å². The molecule has 6 heteroatoms. The molecule has 1 aromatic carbocycles. The number of rotatable bonds is 1. The normalized spacial score (nSPS) is 22.3. The van der Waals surface area contributed by atoms with E-state index in [2.05, 4.69) is 15.9 Å². The number of hydrogen-bond donors (Lipinski definition) is 0. The highest BCUT2D eigenvalue weighted by Gasteiger charge is 2.31. The van der Waals surface area contributed by atoms with E-state index in [1.807, 2.05) is 13.0 Å². The molecule has 0 aromatic heterocycles. The molecule has 0 saturated carbocycles. The van der Waals surface area contributed by atoms with Gasteiger partial charge in [0.1, 0.15) is 0 Å². The van der Waals surface area contributed by atoms with E-state index in [-0.39, 0.29) is 30.0 Å². The molecule has 1 saturated heterocycles. The van der Waals surface area contributed by atoms with Crippen LogP contribution in [0.5, 0.6) is 0 Å². The molecule has 0 N–H and O–H groups in total. The molecule has 2 rings (SSSR count). The minimum absolute atomic E-state index is 0.0474. The Kier molecular flexibility index (Phi) is 4.01. The fraction of sp³-hybridized carbons (Fsp3) is 0.462. The van der Waals surface area contributed by atoms with Crippen LogP contribution in [0.15, 0.2) is 22.7 Å². The number of nitrogens with zero attached hydrogens (tertiary/aromatic N) is 1. The number of sulfone groups is 1. The molecule has 1 fully saturated rings. The summed E-state index contributed by atoms with van der Waals surface area (Å²) in [5.74, 6) is -0.00915. The fourth-order valence-corrected chi connectivity index (χ4v) is 4.13. The molecule has 4 nitrogen and oxygen atoms in total. The van der Waals surface area contributed by atoms with Crippen LogP contribution < -0.4 is 0 Å². The van der Waals surface area contributed by atoms with E-state index in [1.54, 1.807) is 24.0 Å². The van der Waals surface area contributed by atoms with Crippen molar-refractivity contribution in [1.29, 1.82) is 0 Å². The van der Waals surface area contributed by atoms with E-state index in [0.29, 0.717) is 5.56 Å². The molecular formula is C13H16BrNO3S. The molecule has 1 aromatic rings. The second-order valence-electron chi connectivity index (χ2n) is 4.93. The maximum atomic E-state index is 12.4. The Balaban J connectivity index is 2.22. The Bertz CT molecular complexity index is 612. The summed E-state index contributed by atoms with van der Waals surface area (Å²) in [6.07, 6.45) is 0. The quantitative estimate of drug-likeness (QED) is 0.782. The van der Waals surface area contributed by atoms with E-state index in [4.69, 9.17) is 0 Å². The van der Waals surface area contributed by atoms with Gasteiger partial charge >= 0.3 is 0 Å². The van der Waals surface area contributed by atoms with Gasteiger partial charge in [-0.15, -0.1) is 0 Å². The van der Waals surface area contributed by atoms with Gasteiger partial charge in [0.05, 0.1) is 11.5 Å². The first-order valence-electron chi connectivity index (χ1n) is 6.08. The highest BCUT2D eigenvalue weighted by molar-refractivity contribution is 9.10. The van der Waals surface area contributed by atoms with Gasteiger partial charge in [0, 0.05) is 22.6 Å². The number of benzene rings is 1. The van der Waals surface area contributed by atoms with Crippen LogP contribution >= 0.6 is 15.9 Å². The number of aryl methyl sites for hydroxylation is 1. The van der Waals surface area contributed by atoms with Gasteiger partial charge in [0.25, 0.3) is 5.91 Å². The zero-order valence-electron chi connectivity index (χ0n) is 10.9. The number of carbonyl (C=O) groups excluding carboxylic acids is 1. The van der Waals surface area contributed by atoms with Gasteiger partial charge in [0.15, 0.2) is 9.84 Å². The van der Waals surface area contributed by atoms with Gasteiger partial charge in [-0.05, 0) is 31.5 Å². The van der Waals surface area contributed by atoms with Crippen LogP contribution in [0, 0.1) is 6.92 Å². The lowest BCUT2D eigenvalue weighted by Gasteiger charge is -2.33. The average molecular weight is 346 g/mol. The van der Waals surface area contributed by atoms with Crippen molar-refractivity contribution in [3.63, 3.8) is 0 Å². The summed E-state index contributed by atoms with van der Waals surface area (Å²) < 4.78 is 23.9. The van der Waals surface area contributed by atoms with Crippen LogP contribution in [0.2, 0.25) is 0 Å². The van der Waals surface area contributed by atoms with E-state index < -0.39 is 9.84 Å². The minimum Gasteiger partial charge on any atom is -0.334 e. The van der Waals surface area contributed by atoms with Crippen molar-refractivity contribution in [3.05, 3.63) is 33.8 Å². The van der Waals surface area contributed by atoms with Crippen LogP contribution in [0.1, 0.15) is 22.8 Å². The van der Waals surface area contributed by atoms with Crippen LogP contribution in [0.3, 0.4) is 0 Å². The Labute approximate surface area is 121 Å². The highest BCUT2D eigenvalue weighted by Crippen LogP contribution is 2.21. The molecule has 1 heterocycles. The van der Waals surface area contributed by atoms with Gasteiger partial charge in [-0.2, -0.15) is 0 Å². The van der Waals surface area contributed by atoms with Crippen molar-refractivity contribution >= 4 is 31.7 Å². The predicted octanol–water partition coefficient (Wildman–Crippen LogP) is 2.02.